The molecule has 2 unspecified atom stereocenters. The molecule has 0 bridgehead atoms. The van der Waals surface area contributed by atoms with Gasteiger partial charge in [0.15, 0.2) is 0 Å². The molecule has 3 rings (SSSR count). The van der Waals surface area contributed by atoms with Gasteiger partial charge in [-0.25, -0.2) is 0 Å². The van der Waals surface area contributed by atoms with E-state index in [1.54, 1.807) is 0 Å². The Morgan fingerprint density at radius 1 is 1.19 bits per heavy atom. The van der Waals surface area contributed by atoms with E-state index in [4.69, 9.17) is 23.2 Å². The molecule has 0 radical (unpaired) electrons. The van der Waals surface area contributed by atoms with Crippen LogP contribution in [-0.2, 0) is 0 Å². The van der Waals surface area contributed by atoms with Gasteiger partial charge in [0.25, 0.3) is 0 Å². The van der Waals surface area contributed by atoms with E-state index in [9.17, 15) is 5.11 Å². The summed E-state index contributed by atoms with van der Waals surface area (Å²) in [6.45, 7) is 9.28. The van der Waals surface area contributed by atoms with Crippen molar-refractivity contribution in [3.63, 3.8) is 0 Å². The molecule has 2 aliphatic carbocycles. The summed E-state index contributed by atoms with van der Waals surface area (Å²) in [5.41, 5.74) is 3.03. The molecule has 2 atom stereocenters. The largest absolute Gasteiger partial charge is 0.386 e. The highest BCUT2D eigenvalue weighted by Gasteiger charge is 2.43. The fourth-order valence-electron chi connectivity index (χ4n) is 3.58. The Labute approximate surface area is 167 Å². The zero-order valence-electron chi connectivity index (χ0n) is 16.1. The lowest BCUT2D eigenvalue weighted by atomic mass is 9.74. The molecule has 142 valence electrons. The molecule has 0 heterocycles. The maximum Gasteiger partial charge on any atom is 0.106 e. The lowest BCUT2D eigenvalue weighted by Crippen LogP contribution is -2.55. The van der Waals surface area contributed by atoms with E-state index < -0.39 is 11.0 Å². The number of benzene rings is 1. The van der Waals surface area contributed by atoms with Gasteiger partial charge in [0.2, 0.25) is 0 Å². The van der Waals surface area contributed by atoms with Gasteiger partial charge in [0, 0.05) is 17.1 Å². The highest BCUT2D eigenvalue weighted by atomic mass is 35.5. The number of halogens is 2. The first-order valence-corrected chi connectivity index (χ1v) is 10.1. The summed E-state index contributed by atoms with van der Waals surface area (Å²) < 4.78 is 0. The Bertz CT molecular complexity index is 726. The van der Waals surface area contributed by atoms with Crippen LogP contribution in [0.2, 0.25) is 5.02 Å². The molecule has 26 heavy (non-hydrogen) atoms. The van der Waals surface area contributed by atoms with E-state index in [2.05, 4.69) is 39.1 Å². The van der Waals surface area contributed by atoms with Crippen molar-refractivity contribution in [3.05, 3.63) is 52.6 Å². The lowest BCUT2D eigenvalue weighted by molar-refractivity contribution is 0.162. The maximum atomic E-state index is 11.2. The van der Waals surface area contributed by atoms with Gasteiger partial charge >= 0.3 is 0 Å². The van der Waals surface area contributed by atoms with E-state index in [1.807, 2.05) is 30.3 Å². The van der Waals surface area contributed by atoms with Gasteiger partial charge in [-0.1, -0.05) is 56.7 Å². The van der Waals surface area contributed by atoms with E-state index in [-0.39, 0.29) is 11.0 Å². The van der Waals surface area contributed by atoms with Gasteiger partial charge in [0.1, 0.15) is 11.0 Å². The van der Waals surface area contributed by atoms with Crippen molar-refractivity contribution in [3.8, 4) is 0 Å². The van der Waals surface area contributed by atoms with Crippen molar-refractivity contribution in [2.45, 2.75) is 63.5 Å². The standard InChI is InChI=1S/C22H29Cl2NO/c1-20(2,3)16-12-18(15-6-8-17(23)9-7-15)19(26)22(24,13-16)14-25-21(4)10-5-11-21/h6-9,12-13,19,25-26H,5,10-11,14H2,1-4H3. The minimum atomic E-state index is -0.870. The lowest BCUT2D eigenvalue weighted by Gasteiger charge is -2.44. The third kappa shape index (κ3) is 4.04. The smallest absolute Gasteiger partial charge is 0.106 e. The zero-order chi connectivity index (χ0) is 19.2. The summed E-state index contributed by atoms with van der Waals surface area (Å²) in [7, 11) is 0. The van der Waals surface area contributed by atoms with E-state index in [0.29, 0.717) is 11.6 Å². The molecular weight excluding hydrogens is 365 g/mol. The van der Waals surface area contributed by atoms with Gasteiger partial charge in [-0.05, 0) is 60.4 Å². The quantitative estimate of drug-likeness (QED) is 0.654. The van der Waals surface area contributed by atoms with Crippen LogP contribution in [0.4, 0.5) is 0 Å². The minimum absolute atomic E-state index is 0.0572. The third-order valence-corrected chi connectivity index (χ3v) is 6.44. The fourth-order valence-corrected chi connectivity index (χ4v) is 4.01. The van der Waals surface area contributed by atoms with Crippen molar-refractivity contribution in [2.75, 3.05) is 6.54 Å². The molecule has 0 aliphatic heterocycles. The minimum Gasteiger partial charge on any atom is -0.386 e. The highest BCUT2D eigenvalue weighted by molar-refractivity contribution is 6.30. The van der Waals surface area contributed by atoms with Crippen molar-refractivity contribution in [1.82, 2.24) is 5.32 Å². The topological polar surface area (TPSA) is 32.3 Å². The van der Waals surface area contributed by atoms with Crippen LogP contribution < -0.4 is 5.32 Å². The Morgan fingerprint density at radius 2 is 1.81 bits per heavy atom. The SMILES string of the molecule is CC1(NCC2(Cl)C=C(C(C)(C)C)C=C(c3ccc(Cl)cc3)C2O)CCC1. The van der Waals surface area contributed by atoms with Crippen LogP contribution in [0.15, 0.2) is 42.0 Å². The molecule has 0 saturated heterocycles. The predicted octanol–water partition coefficient (Wildman–Crippen LogP) is 5.58. The first kappa shape index (κ1) is 19.9. The van der Waals surface area contributed by atoms with E-state index in [1.165, 1.54) is 6.42 Å². The second-order valence-electron chi connectivity index (χ2n) is 9.05. The Balaban J connectivity index is 1.95. The number of alkyl halides is 1. The van der Waals surface area contributed by atoms with Crippen LogP contribution in [0.3, 0.4) is 0 Å². The number of aliphatic hydroxyl groups is 1. The molecule has 2 nitrogen and oxygen atoms in total. The second kappa shape index (κ2) is 6.98. The van der Waals surface area contributed by atoms with Gasteiger partial charge in [0.05, 0.1) is 0 Å². The van der Waals surface area contributed by atoms with Gasteiger partial charge in [-0.3, -0.25) is 0 Å². The number of hydrogen-bond donors (Lipinski definition) is 2. The van der Waals surface area contributed by atoms with Crippen molar-refractivity contribution >= 4 is 28.8 Å². The average Bonchev–Trinajstić information content (AvgIpc) is 2.54. The van der Waals surface area contributed by atoms with Gasteiger partial charge in [-0.2, -0.15) is 0 Å². The van der Waals surface area contributed by atoms with Crippen LogP contribution in [-0.4, -0.2) is 28.2 Å². The van der Waals surface area contributed by atoms with Gasteiger partial charge < -0.3 is 10.4 Å². The van der Waals surface area contributed by atoms with Crippen molar-refractivity contribution in [1.29, 1.82) is 0 Å². The number of aliphatic hydroxyl groups excluding tert-OH is 1. The molecule has 1 saturated carbocycles. The van der Waals surface area contributed by atoms with E-state index >= 15 is 0 Å². The van der Waals surface area contributed by atoms with Gasteiger partial charge in [-0.15, -0.1) is 11.6 Å². The average molecular weight is 394 g/mol. The summed E-state index contributed by atoms with van der Waals surface area (Å²) in [4.78, 5) is -0.870. The van der Waals surface area contributed by atoms with Crippen molar-refractivity contribution < 1.29 is 5.11 Å². The third-order valence-electron chi connectivity index (χ3n) is 5.74. The molecule has 2 N–H and O–H groups in total. The molecule has 1 fully saturated rings. The van der Waals surface area contributed by atoms with Crippen LogP contribution in [0.25, 0.3) is 5.57 Å². The van der Waals surface area contributed by atoms with E-state index in [0.717, 1.165) is 29.6 Å². The van der Waals surface area contributed by atoms with Crippen LogP contribution in [0, 0.1) is 5.41 Å². The number of hydrogen-bond acceptors (Lipinski definition) is 2. The summed E-state index contributed by atoms with van der Waals surface area (Å²) in [6, 6.07) is 7.59. The number of nitrogens with one attached hydrogen (secondary N) is 1. The highest BCUT2D eigenvalue weighted by Crippen LogP contribution is 2.43. The Hall–Kier alpha value is -0.800. The molecular formula is C22H29Cl2NO. The summed E-state index contributed by atoms with van der Waals surface area (Å²) >= 11 is 13.1. The van der Waals surface area contributed by atoms with Crippen LogP contribution in [0.5, 0.6) is 0 Å². The summed E-state index contributed by atoms with van der Waals surface area (Å²) in [6.07, 6.45) is 6.91. The first-order chi connectivity index (χ1) is 12.0. The second-order valence-corrected chi connectivity index (χ2v) is 10.2. The zero-order valence-corrected chi connectivity index (χ0v) is 17.6. The Morgan fingerprint density at radius 3 is 2.31 bits per heavy atom. The fraction of sp³-hybridized carbons (Fsp3) is 0.545. The summed E-state index contributed by atoms with van der Waals surface area (Å²) in [5, 5.41) is 15.5. The predicted molar refractivity (Wildman–Crippen MR) is 112 cm³/mol. The first-order valence-electron chi connectivity index (χ1n) is 9.35. The Kier molecular flexibility index (Phi) is 5.35. The normalized spacial score (nSPS) is 28.2. The number of rotatable bonds is 4. The van der Waals surface area contributed by atoms with Crippen LogP contribution in [0.1, 0.15) is 52.5 Å². The molecule has 4 heteroatoms. The maximum absolute atomic E-state index is 11.2. The molecule has 1 aromatic carbocycles. The molecule has 0 spiro atoms. The molecule has 0 amide bonds. The van der Waals surface area contributed by atoms with Crippen LogP contribution >= 0.6 is 23.2 Å². The number of allylic oxidation sites excluding steroid dienone is 2. The van der Waals surface area contributed by atoms with Crippen molar-refractivity contribution in [2.24, 2.45) is 5.41 Å². The molecule has 0 aromatic heterocycles. The summed E-state index contributed by atoms with van der Waals surface area (Å²) in [5.74, 6) is 0. The molecule has 1 aromatic rings. The monoisotopic (exact) mass is 393 g/mol. The molecule has 2 aliphatic rings.